The number of piperidine rings is 1. The number of nitrogens with one attached hydrogen (secondary N) is 1. The smallest absolute Gasteiger partial charge is 0.216 e. The maximum atomic E-state index is 12.6. The molecule has 0 aromatic heterocycles. The van der Waals surface area contributed by atoms with Crippen molar-refractivity contribution in [1.29, 1.82) is 0 Å². The fourth-order valence-corrected chi connectivity index (χ4v) is 5.56. The van der Waals surface area contributed by atoms with Crippen molar-refractivity contribution in [1.82, 2.24) is 9.62 Å². The summed E-state index contributed by atoms with van der Waals surface area (Å²) in [6, 6.07) is 0. The lowest BCUT2D eigenvalue weighted by molar-refractivity contribution is 0.0299. The molecule has 0 aliphatic carbocycles. The summed E-state index contributed by atoms with van der Waals surface area (Å²) in [5, 5.41) is 3.37. The van der Waals surface area contributed by atoms with Crippen molar-refractivity contribution in [3.05, 3.63) is 0 Å². The zero-order chi connectivity index (χ0) is 14.1. The van der Waals surface area contributed by atoms with Crippen molar-refractivity contribution >= 4 is 22.4 Å². The first-order valence-electron chi connectivity index (χ1n) is 7.90. The van der Waals surface area contributed by atoms with Crippen LogP contribution in [0.5, 0.6) is 0 Å². The summed E-state index contributed by atoms with van der Waals surface area (Å²) in [5.74, 6) is 0.182. The Bertz CT molecular complexity index is 432. The Balaban J connectivity index is 0.00000161. The van der Waals surface area contributed by atoms with Crippen molar-refractivity contribution in [2.45, 2.75) is 44.6 Å². The van der Waals surface area contributed by atoms with Crippen LogP contribution in [-0.4, -0.2) is 57.4 Å². The number of rotatable bonds is 3. The Hall–Kier alpha value is 0.120. The molecule has 1 atom stereocenters. The minimum atomic E-state index is -3.15. The molecule has 0 amide bonds. The highest BCUT2D eigenvalue weighted by molar-refractivity contribution is 7.89. The van der Waals surface area contributed by atoms with Gasteiger partial charge in [-0.25, -0.2) is 12.7 Å². The summed E-state index contributed by atoms with van der Waals surface area (Å²) in [7, 11) is -3.15. The normalized spacial score (nSPS) is 30.2. The van der Waals surface area contributed by atoms with Crippen molar-refractivity contribution < 1.29 is 13.2 Å². The van der Waals surface area contributed by atoms with Gasteiger partial charge in [0.1, 0.15) is 0 Å². The van der Waals surface area contributed by atoms with Gasteiger partial charge in [-0.3, -0.25) is 0 Å². The van der Waals surface area contributed by atoms with Gasteiger partial charge in [-0.2, -0.15) is 0 Å². The minimum Gasteiger partial charge on any atom is -0.377 e. The lowest BCUT2D eigenvalue weighted by atomic mass is 9.78. The van der Waals surface area contributed by atoms with E-state index in [1.54, 1.807) is 4.31 Å². The summed E-state index contributed by atoms with van der Waals surface area (Å²) in [4.78, 5) is 0. The molecule has 21 heavy (non-hydrogen) atoms. The lowest BCUT2D eigenvalue weighted by Crippen LogP contribution is -2.41. The second-order valence-electron chi connectivity index (χ2n) is 6.60. The van der Waals surface area contributed by atoms with Crippen molar-refractivity contribution in [3.63, 3.8) is 0 Å². The highest BCUT2D eigenvalue weighted by Crippen LogP contribution is 2.39. The van der Waals surface area contributed by atoms with Crippen LogP contribution in [0.25, 0.3) is 0 Å². The van der Waals surface area contributed by atoms with E-state index < -0.39 is 10.0 Å². The van der Waals surface area contributed by atoms with Gasteiger partial charge in [-0.05, 0) is 57.0 Å². The molecule has 0 saturated carbocycles. The second-order valence-corrected chi connectivity index (χ2v) is 8.61. The van der Waals surface area contributed by atoms with Gasteiger partial charge in [0.05, 0.1) is 11.9 Å². The summed E-state index contributed by atoms with van der Waals surface area (Å²) in [6.45, 7) is 4.20. The van der Waals surface area contributed by atoms with Crippen LogP contribution >= 0.6 is 12.4 Å². The molecule has 0 radical (unpaired) electrons. The molecule has 3 aliphatic heterocycles. The highest BCUT2D eigenvalue weighted by Gasteiger charge is 2.43. The van der Waals surface area contributed by atoms with Crippen LogP contribution in [0.3, 0.4) is 0 Å². The van der Waals surface area contributed by atoms with Crippen molar-refractivity contribution in [2.24, 2.45) is 5.41 Å². The van der Waals surface area contributed by atoms with Gasteiger partial charge in [0.25, 0.3) is 0 Å². The number of nitrogens with zero attached hydrogens (tertiary/aromatic N) is 1. The first kappa shape index (κ1) is 17.5. The van der Waals surface area contributed by atoms with E-state index in [-0.39, 0.29) is 29.7 Å². The fraction of sp³-hybridized carbons (Fsp3) is 1.00. The van der Waals surface area contributed by atoms with E-state index in [0.717, 1.165) is 64.8 Å². The van der Waals surface area contributed by atoms with Gasteiger partial charge < -0.3 is 10.1 Å². The molecule has 124 valence electrons. The van der Waals surface area contributed by atoms with Crippen molar-refractivity contribution in [2.75, 3.05) is 38.5 Å². The zero-order valence-corrected chi connectivity index (χ0v) is 14.2. The maximum Gasteiger partial charge on any atom is 0.216 e. The Morgan fingerprint density at radius 1 is 1.19 bits per heavy atom. The van der Waals surface area contributed by atoms with E-state index in [9.17, 15) is 8.42 Å². The van der Waals surface area contributed by atoms with Gasteiger partial charge in [0, 0.05) is 19.7 Å². The average molecular weight is 339 g/mol. The van der Waals surface area contributed by atoms with E-state index in [1.165, 1.54) is 0 Å². The number of halogens is 1. The molecule has 3 fully saturated rings. The van der Waals surface area contributed by atoms with Crippen LogP contribution < -0.4 is 5.32 Å². The topological polar surface area (TPSA) is 58.6 Å². The average Bonchev–Trinajstić information content (AvgIpc) is 2.85. The van der Waals surface area contributed by atoms with E-state index in [1.807, 2.05) is 0 Å². The summed E-state index contributed by atoms with van der Waals surface area (Å²) in [6.07, 6.45) is 6.21. The molecular weight excluding hydrogens is 312 g/mol. The molecule has 3 heterocycles. The van der Waals surface area contributed by atoms with Crippen LogP contribution in [-0.2, 0) is 14.8 Å². The predicted octanol–water partition coefficient (Wildman–Crippen LogP) is 1.38. The molecule has 1 spiro atoms. The van der Waals surface area contributed by atoms with Gasteiger partial charge >= 0.3 is 0 Å². The molecule has 3 rings (SSSR count). The zero-order valence-electron chi connectivity index (χ0n) is 12.6. The van der Waals surface area contributed by atoms with Crippen LogP contribution in [0.1, 0.15) is 38.5 Å². The Labute approximate surface area is 134 Å². The van der Waals surface area contributed by atoms with Crippen LogP contribution in [0.4, 0.5) is 0 Å². The molecular formula is C14H27ClN2O3S. The summed E-state index contributed by atoms with van der Waals surface area (Å²) < 4.78 is 32.4. The molecule has 0 bridgehead atoms. The Morgan fingerprint density at radius 3 is 2.62 bits per heavy atom. The maximum absolute atomic E-state index is 12.6. The first-order valence-corrected chi connectivity index (χ1v) is 9.51. The molecule has 1 unspecified atom stereocenters. The van der Waals surface area contributed by atoms with Crippen LogP contribution in [0.2, 0.25) is 0 Å². The predicted molar refractivity (Wildman–Crippen MR) is 85.4 cm³/mol. The molecule has 1 N–H and O–H groups in total. The van der Waals surface area contributed by atoms with E-state index in [4.69, 9.17) is 4.74 Å². The molecule has 0 aromatic carbocycles. The highest BCUT2D eigenvalue weighted by atomic mass is 35.5. The van der Waals surface area contributed by atoms with Gasteiger partial charge in [0.2, 0.25) is 10.0 Å². The number of sulfonamides is 1. The molecule has 3 saturated heterocycles. The monoisotopic (exact) mass is 338 g/mol. The van der Waals surface area contributed by atoms with E-state index >= 15 is 0 Å². The van der Waals surface area contributed by atoms with Gasteiger partial charge in [-0.15, -0.1) is 12.4 Å². The molecule has 5 nitrogen and oxygen atoms in total. The number of hydrogen-bond acceptors (Lipinski definition) is 4. The standard InChI is InChI=1S/C14H26N2O3S.ClH/c17-20(18,11-13-3-1-2-10-19-13)16-9-6-14(12-16)4-7-15-8-5-14;/h13,15H,1-12H2;1H. The lowest BCUT2D eigenvalue weighted by Gasteiger charge is -2.34. The molecule has 3 aliphatic rings. The van der Waals surface area contributed by atoms with Crippen molar-refractivity contribution in [3.8, 4) is 0 Å². The Morgan fingerprint density at radius 2 is 1.95 bits per heavy atom. The van der Waals surface area contributed by atoms with E-state index in [0.29, 0.717) is 6.54 Å². The molecule has 0 aromatic rings. The van der Waals surface area contributed by atoms with Gasteiger partial charge in [-0.1, -0.05) is 0 Å². The Kier molecular flexibility index (Phi) is 5.93. The van der Waals surface area contributed by atoms with Crippen LogP contribution in [0, 0.1) is 5.41 Å². The summed E-state index contributed by atoms with van der Waals surface area (Å²) >= 11 is 0. The number of hydrogen-bond donors (Lipinski definition) is 1. The SMILES string of the molecule is Cl.O=S(=O)(CC1CCCCO1)N1CCC2(CCNCC2)C1. The minimum absolute atomic E-state index is 0. The third-order valence-electron chi connectivity index (χ3n) is 5.13. The quantitative estimate of drug-likeness (QED) is 0.844. The van der Waals surface area contributed by atoms with Crippen LogP contribution in [0.15, 0.2) is 0 Å². The third-order valence-corrected chi connectivity index (χ3v) is 7.02. The number of ether oxygens (including phenoxy) is 1. The van der Waals surface area contributed by atoms with Gasteiger partial charge in [0.15, 0.2) is 0 Å². The summed E-state index contributed by atoms with van der Waals surface area (Å²) in [5.41, 5.74) is 0.242. The molecule has 7 heteroatoms. The largest absolute Gasteiger partial charge is 0.377 e. The first-order chi connectivity index (χ1) is 9.60. The fourth-order valence-electron chi connectivity index (χ4n) is 3.78. The second kappa shape index (κ2) is 7.13. The third kappa shape index (κ3) is 4.10. The van der Waals surface area contributed by atoms with E-state index in [2.05, 4.69) is 5.32 Å².